The number of rotatable bonds is 4. The molecule has 0 spiro atoms. The van der Waals surface area contributed by atoms with E-state index in [2.05, 4.69) is 0 Å². The smallest absolute Gasteiger partial charge is 0.301 e. The van der Waals surface area contributed by atoms with E-state index in [0.29, 0.717) is 25.0 Å². The Morgan fingerprint density at radius 3 is 2.43 bits per heavy atom. The normalized spacial score (nSPS) is 17.9. The largest absolute Gasteiger partial charge is 0.396 e. The van der Waals surface area contributed by atoms with Crippen LogP contribution in [0.5, 0.6) is 0 Å². The minimum absolute atomic E-state index is 0.0228. The van der Waals surface area contributed by atoms with Crippen molar-refractivity contribution in [3.05, 3.63) is 29.6 Å². The highest BCUT2D eigenvalue weighted by molar-refractivity contribution is 7.90. The van der Waals surface area contributed by atoms with E-state index < -0.39 is 33.3 Å². The van der Waals surface area contributed by atoms with Gasteiger partial charge in [-0.05, 0) is 18.8 Å². The molecule has 0 aromatic heterocycles. The van der Waals surface area contributed by atoms with Crippen molar-refractivity contribution in [2.45, 2.75) is 12.8 Å². The van der Waals surface area contributed by atoms with Crippen molar-refractivity contribution < 1.29 is 26.7 Å². The van der Waals surface area contributed by atoms with Gasteiger partial charge in [0.2, 0.25) is 0 Å². The first-order chi connectivity index (χ1) is 9.83. The summed E-state index contributed by atoms with van der Waals surface area (Å²) >= 11 is 0. The molecule has 0 atom stereocenters. The van der Waals surface area contributed by atoms with Gasteiger partial charge in [0.15, 0.2) is 11.6 Å². The molecule has 0 saturated carbocycles. The van der Waals surface area contributed by atoms with Crippen LogP contribution in [0.1, 0.15) is 12.8 Å². The van der Waals surface area contributed by atoms with Crippen molar-refractivity contribution in [2.75, 3.05) is 24.4 Å². The van der Waals surface area contributed by atoms with Crippen LogP contribution in [0.15, 0.2) is 12.1 Å². The Morgan fingerprint density at radius 2 is 1.86 bits per heavy atom. The van der Waals surface area contributed by atoms with E-state index in [1.807, 2.05) is 4.72 Å². The summed E-state index contributed by atoms with van der Waals surface area (Å²) in [4.78, 5) is 0. The fraction of sp³-hybridized carbons (Fsp3) is 0.500. The molecule has 1 aliphatic heterocycles. The van der Waals surface area contributed by atoms with Crippen LogP contribution in [0.3, 0.4) is 0 Å². The van der Waals surface area contributed by atoms with Gasteiger partial charge in [-0.3, -0.25) is 4.72 Å². The minimum atomic E-state index is -4.10. The van der Waals surface area contributed by atoms with Gasteiger partial charge in [-0.15, -0.1) is 0 Å². The molecular formula is C12H15F3N2O3S. The molecule has 5 nitrogen and oxygen atoms in total. The van der Waals surface area contributed by atoms with Crippen LogP contribution in [0, 0.1) is 23.4 Å². The number of anilines is 1. The maximum atomic E-state index is 13.5. The van der Waals surface area contributed by atoms with Crippen LogP contribution in [0.25, 0.3) is 0 Å². The summed E-state index contributed by atoms with van der Waals surface area (Å²) in [5, 5.41) is 9.00. The molecule has 1 saturated heterocycles. The second-order valence-electron chi connectivity index (χ2n) is 4.88. The molecule has 1 aliphatic rings. The van der Waals surface area contributed by atoms with Crippen molar-refractivity contribution in [3.8, 4) is 0 Å². The molecule has 1 heterocycles. The van der Waals surface area contributed by atoms with Gasteiger partial charge < -0.3 is 5.11 Å². The van der Waals surface area contributed by atoms with Gasteiger partial charge in [0.25, 0.3) is 0 Å². The van der Waals surface area contributed by atoms with Gasteiger partial charge in [0.05, 0.1) is 5.69 Å². The number of benzene rings is 1. The molecule has 0 aliphatic carbocycles. The third-order valence-electron chi connectivity index (χ3n) is 3.40. The standard InChI is InChI=1S/C12H15F3N2O3S/c13-9-5-10(14)12(15)11(6-9)16-21(19,20)17-3-1-8(7-18)2-4-17/h5-6,8,16,18H,1-4,7H2. The summed E-state index contributed by atoms with van der Waals surface area (Å²) in [6.45, 7) is 0.283. The molecule has 0 bridgehead atoms. The molecule has 1 fully saturated rings. The molecule has 2 N–H and O–H groups in total. The fourth-order valence-electron chi connectivity index (χ4n) is 2.17. The number of aliphatic hydroxyl groups is 1. The highest BCUT2D eigenvalue weighted by Crippen LogP contribution is 2.23. The number of nitrogens with zero attached hydrogens (tertiary/aromatic N) is 1. The zero-order chi connectivity index (χ0) is 15.6. The summed E-state index contributed by atoms with van der Waals surface area (Å²) in [5.41, 5.74) is -0.767. The van der Waals surface area contributed by atoms with Gasteiger partial charge in [0, 0.05) is 31.8 Å². The molecule has 2 rings (SSSR count). The van der Waals surface area contributed by atoms with E-state index in [1.54, 1.807) is 0 Å². The number of piperidine rings is 1. The Hall–Kier alpha value is -1.32. The lowest BCUT2D eigenvalue weighted by molar-refractivity contribution is 0.170. The summed E-state index contributed by atoms with van der Waals surface area (Å²) in [6, 6.07) is 0.913. The number of aliphatic hydroxyl groups excluding tert-OH is 1. The number of nitrogens with one attached hydrogen (secondary N) is 1. The van der Waals surface area contributed by atoms with E-state index in [-0.39, 0.29) is 25.6 Å². The van der Waals surface area contributed by atoms with Crippen LogP contribution in [-0.2, 0) is 10.2 Å². The second kappa shape index (κ2) is 6.20. The monoisotopic (exact) mass is 324 g/mol. The Morgan fingerprint density at radius 1 is 1.24 bits per heavy atom. The van der Waals surface area contributed by atoms with Gasteiger partial charge >= 0.3 is 10.2 Å². The molecule has 1 aromatic rings. The van der Waals surface area contributed by atoms with Crippen molar-refractivity contribution >= 4 is 15.9 Å². The van der Waals surface area contributed by atoms with Crippen molar-refractivity contribution in [2.24, 2.45) is 5.92 Å². The average molecular weight is 324 g/mol. The van der Waals surface area contributed by atoms with Gasteiger partial charge in [-0.2, -0.15) is 12.7 Å². The first-order valence-electron chi connectivity index (χ1n) is 6.37. The Balaban J connectivity index is 2.15. The highest BCUT2D eigenvalue weighted by atomic mass is 32.2. The first-order valence-corrected chi connectivity index (χ1v) is 7.81. The quantitative estimate of drug-likeness (QED) is 0.824. The van der Waals surface area contributed by atoms with Gasteiger partial charge in [-0.25, -0.2) is 13.2 Å². The zero-order valence-electron chi connectivity index (χ0n) is 11.0. The molecule has 0 radical (unpaired) electrons. The van der Waals surface area contributed by atoms with Gasteiger partial charge in [-0.1, -0.05) is 0 Å². The molecule has 1 aromatic carbocycles. The lowest BCUT2D eigenvalue weighted by Crippen LogP contribution is -2.42. The first kappa shape index (κ1) is 16.1. The lowest BCUT2D eigenvalue weighted by Gasteiger charge is -2.30. The van der Waals surface area contributed by atoms with Crippen LogP contribution >= 0.6 is 0 Å². The lowest BCUT2D eigenvalue weighted by atomic mass is 10.00. The van der Waals surface area contributed by atoms with E-state index in [0.717, 1.165) is 4.31 Å². The molecule has 0 unspecified atom stereocenters. The van der Waals surface area contributed by atoms with Crippen molar-refractivity contribution in [3.63, 3.8) is 0 Å². The molecule has 21 heavy (non-hydrogen) atoms. The maximum Gasteiger partial charge on any atom is 0.301 e. The topological polar surface area (TPSA) is 69.6 Å². The van der Waals surface area contributed by atoms with Crippen molar-refractivity contribution in [1.29, 1.82) is 0 Å². The third-order valence-corrected chi connectivity index (χ3v) is 4.93. The summed E-state index contributed by atoms with van der Waals surface area (Å²) in [7, 11) is -4.10. The van der Waals surface area contributed by atoms with E-state index in [4.69, 9.17) is 5.11 Å². The minimum Gasteiger partial charge on any atom is -0.396 e. The van der Waals surface area contributed by atoms with Crippen LogP contribution in [0.4, 0.5) is 18.9 Å². The maximum absolute atomic E-state index is 13.5. The number of hydrogen-bond donors (Lipinski definition) is 2. The average Bonchev–Trinajstić information content (AvgIpc) is 2.44. The number of halogens is 3. The summed E-state index contributed by atoms with van der Waals surface area (Å²) < 4.78 is 66.6. The highest BCUT2D eigenvalue weighted by Gasteiger charge is 2.28. The molecule has 0 amide bonds. The SMILES string of the molecule is O=S(=O)(Nc1cc(F)cc(F)c1F)N1CCC(CO)CC1. The molecule has 9 heteroatoms. The predicted molar refractivity (Wildman–Crippen MR) is 70.2 cm³/mol. The zero-order valence-corrected chi connectivity index (χ0v) is 11.8. The third kappa shape index (κ3) is 3.66. The van der Waals surface area contributed by atoms with Crippen LogP contribution in [-0.4, -0.2) is 37.5 Å². The Bertz CT molecular complexity index is 616. The summed E-state index contributed by atoms with van der Waals surface area (Å²) in [5.74, 6) is -3.97. The predicted octanol–water partition coefficient (Wildman–Crippen LogP) is 1.46. The molecule has 118 valence electrons. The Kier molecular flexibility index (Phi) is 4.74. The summed E-state index contributed by atoms with van der Waals surface area (Å²) in [6.07, 6.45) is 0.939. The number of hydrogen-bond acceptors (Lipinski definition) is 3. The van der Waals surface area contributed by atoms with Crippen LogP contribution < -0.4 is 4.72 Å². The Labute approximate surface area is 120 Å². The van der Waals surface area contributed by atoms with Crippen molar-refractivity contribution in [1.82, 2.24) is 4.31 Å². The van der Waals surface area contributed by atoms with E-state index in [1.165, 1.54) is 0 Å². The van der Waals surface area contributed by atoms with E-state index in [9.17, 15) is 21.6 Å². The molecular weight excluding hydrogens is 309 g/mol. The fourth-order valence-corrected chi connectivity index (χ4v) is 3.41. The second-order valence-corrected chi connectivity index (χ2v) is 6.55. The van der Waals surface area contributed by atoms with Crippen LogP contribution in [0.2, 0.25) is 0 Å². The van der Waals surface area contributed by atoms with E-state index >= 15 is 0 Å². The van der Waals surface area contributed by atoms with Gasteiger partial charge in [0.1, 0.15) is 5.82 Å².